The van der Waals surface area contributed by atoms with Crippen molar-refractivity contribution < 1.29 is 22.7 Å². The summed E-state index contributed by atoms with van der Waals surface area (Å²) in [4.78, 5) is 24.3. The number of nitrogens with zero attached hydrogens (tertiary/aromatic N) is 4. The van der Waals surface area contributed by atoms with Crippen LogP contribution in [-0.4, -0.2) is 55.8 Å². The molecule has 0 bridgehead atoms. The van der Waals surface area contributed by atoms with Crippen LogP contribution >= 0.6 is 0 Å². The van der Waals surface area contributed by atoms with Gasteiger partial charge in [-0.15, -0.1) is 5.11 Å². The van der Waals surface area contributed by atoms with E-state index >= 15 is 0 Å². The normalized spacial score (nSPS) is 14.8. The van der Waals surface area contributed by atoms with E-state index in [2.05, 4.69) is 10.3 Å². The minimum Gasteiger partial charge on any atom is -0.378 e. The van der Waals surface area contributed by atoms with Gasteiger partial charge in [0.25, 0.3) is 15.9 Å². The molecule has 0 radical (unpaired) electrons. The highest BCUT2D eigenvalue weighted by Gasteiger charge is 2.31. The van der Waals surface area contributed by atoms with Crippen molar-refractivity contribution in [3.05, 3.63) is 66.2 Å². The minimum absolute atomic E-state index is 0.200. The van der Waals surface area contributed by atoms with Crippen LogP contribution in [0.4, 0.5) is 5.69 Å². The molecule has 31 heavy (non-hydrogen) atoms. The quantitative estimate of drug-likeness (QED) is 0.503. The van der Waals surface area contributed by atoms with E-state index in [0.29, 0.717) is 37.6 Å². The summed E-state index contributed by atoms with van der Waals surface area (Å²) in [6, 6.07) is 14.4. The third-order valence-corrected chi connectivity index (χ3v) is 6.14. The highest BCUT2D eigenvalue weighted by Crippen LogP contribution is 2.21. The van der Waals surface area contributed by atoms with Gasteiger partial charge in [0, 0.05) is 13.0 Å². The van der Waals surface area contributed by atoms with Crippen LogP contribution in [0.5, 0.6) is 0 Å². The van der Waals surface area contributed by atoms with E-state index in [0.717, 1.165) is 13.0 Å². The summed E-state index contributed by atoms with van der Waals surface area (Å²) in [5.74, 6) is -1.86. The topological polar surface area (TPSA) is 109 Å². The van der Waals surface area contributed by atoms with Crippen molar-refractivity contribution in [3.8, 4) is 0 Å². The van der Waals surface area contributed by atoms with Gasteiger partial charge in [-0.25, -0.2) is 8.42 Å². The molecule has 1 saturated heterocycles. The molecule has 0 N–H and O–H groups in total. The fourth-order valence-corrected chi connectivity index (χ4v) is 4.12. The molecule has 0 aromatic heterocycles. The minimum atomic E-state index is -4.37. The van der Waals surface area contributed by atoms with E-state index in [1.165, 1.54) is 30.3 Å². The zero-order chi connectivity index (χ0) is 22.3. The Morgan fingerprint density at radius 1 is 1.03 bits per heavy atom. The number of benzene rings is 2. The van der Waals surface area contributed by atoms with Gasteiger partial charge in [0.1, 0.15) is 0 Å². The van der Waals surface area contributed by atoms with E-state index in [1.807, 2.05) is 6.07 Å². The number of imide groups is 1. The zero-order valence-electron chi connectivity index (χ0n) is 16.9. The maximum atomic E-state index is 12.9. The molecule has 1 fully saturated rings. The first-order valence-electron chi connectivity index (χ1n) is 9.55. The van der Waals surface area contributed by atoms with Gasteiger partial charge in [-0.2, -0.15) is 4.31 Å². The van der Waals surface area contributed by atoms with Gasteiger partial charge < -0.3 is 4.74 Å². The standard InChI is InChI=1S/C21H22N4O5S/c1-17(26)25(21(27)12-7-18-5-3-2-4-6-18)31(28,29)20-10-8-19(9-11-20)22-23-24-13-15-30-16-14-24/h2-12H,13-16H2,1H3/b12-7-,23-22?. The third-order valence-electron chi connectivity index (χ3n) is 4.35. The molecular weight excluding hydrogens is 420 g/mol. The molecule has 0 atom stereocenters. The van der Waals surface area contributed by atoms with E-state index < -0.39 is 21.8 Å². The van der Waals surface area contributed by atoms with Crippen LogP contribution in [-0.2, 0) is 24.3 Å². The Morgan fingerprint density at radius 3 is 2.29 bits per heavy atom. The average molecular weight is 442 g/mol. The molecule has 0 spiro atoms. The number of carbonyl (C=O) groups is 2. The van der Waals surface area contributed by atoms with Gasteiger partial charge >= 0.3 is 0 Å². The lowest BCUT2D eigenvalue weighted by Gasteiger charge is -2.22. The van der Waals surface area contributed by atoms with Crippen molar-refractivity contribution in [2.24, 2.45) is 10.3 Å². The number of amides is 2. The van der Waals surface area contributed by atoms with Crippen LogP contribution in [0, 0.1) is 0 Å². The van der Waals surface area contributed by atoms with Gasteiger partial charge in [0.05, 0.1) is 36.9 Å². The van der Waals surface area contributed by atoms with Crippen LogP contribution in [0.3, 0.4) is 0 Å². The summed E-state index contributed by atoms with van der Waals surface area (Å²) < 4.78 is 31.3. The molecular formula is C21H22N4O5S. The highest BCUT2D eigenvalue weighted by atomic mass is 32.2. The number of carbonyl (C=O) groups excluding carboxylic acids is 2. The second-order valence-corrected chi connectivity index (χ2v) is 8.41. The Balaban J connectivity index is 1.77. The first-order chi connectivity index (χ1) is 14.9. The molecule has 10 heteroatoms. The molecule has 3 rings (SSSR count). The number of rotatable bonds is 6. The van der Waals surface area contributed by atoms with Crippen LogP contribution in [0.15, 0.2) is 75.9 Å². The summed E-state index contributed by atoms with van der Waals surface area (Å²) >= 11 is 0. The number of hydrogen-bond acceptors (Lipinski definition) is 7. The fourth-order valence-electron chi connectivity index (χ4n) is 2.79. The maximum Gasteiger partial charge on any atom is 0.273 e. The molecule has 0 unspecified atom stereocenters. The lowest BCUT2D eigenvalue weighted by molar-refractivity contribution is -0.134. The van der Waals surface area contributed by atoms with Crippen molar-refractivity contribution in [2.75, 3.05) is 26.3 Å². The van der Waals surface area contributed by atoms with Crippen LogP contribution < -0.4 is 0 Å². The summed E-state index contributed by atoms with van der Waals surface area (Å²) in [5.41, 5.74) is 1.14. The lowest BCUT2D eigenvalue weighted by Crippen LogP contribution is -2.39. The fraction of sp³-hybridized carbons (Fsp3) is 0.238. The van der Waals surface area contributed by atoms with Crippen LogP contribution in [0.2, 0.25) is 0 Å². The van der Waals surface area contributed by atoms with Crippen molar-refractivity contribution in [1.29, 1.82) is 0 Å². The van der Waals surface area contributed by atoms with Gasteiger partial charge in [-0.05, 0) is 35.9 Å². The summed E-state index contributed by atoms with van der Waals surface area (Å²) in [7, 11) is -4.37. The molecule has 9 nitrogen and oxygen atoms in total. The first kappa shape index (κ1) is 22.3. The van der Waals surface area contributed by atoms with Crippen molar-refractivity contribution in [3.63, 3.8) is 0 Å². The predicted octanol–water partition coefficient (Wildman–Crippen LogP) is 2.79. The van der Waals surface area contributed by atoms with E-state index in [4.69, 9.17) is 4.74 Å². The van der Waals surface area contributed by atoms with Gasteiger partial charge in [-0.1, -0.05) is 35.6 Å². The molecule has 162 valence electrons. The Kier molecular flexibility index (Phi) is 7.27. The second-order valence-electron chi connectivity index (χ2n) is 6.62. The molecule has 1 aliphatic rings. The number of sulfonamides is 1. The summed E-state index contributed by atoms with van der Waals surface area (Å²) in [6.07, 6.45) is 2.50. The van der Waals surface area contributed by atoms with Crippen molar-refractivity contribution in [1.82, 2.24) is 9.31 Å². The predicted molar refractivity (Wildman–Crippen MR) is 114 cm³/mol. The molecule has 1 aliphatic heterocycles. The van der Waals surface area contributed by atoms with E-state index in [-0.39, 0.29) is 9.20 Å². The Morgan fingerprint density at radius 2 is 1.68 bits per heavy atom. The first-order valence-corrected chi connectivity index (χ1v) is 11.0. The maximum absolute atomic E-state index is 12.9. The van der Waals surface area contributed by atoms with E-state index in [1.54, 1.807) is 29.3 Å². The average Bonchev–Trinajstić information content (AvgIpc) is 2.77. The smallest absolute Gasteiger partial charge is 0.273 e. The zero-order valence-corrected chi connectivity index (χ0v) is 17.7. The Labute approximate surface area is 180 Å². The number of hydrogen-bond donors (Lipinski definition) is 0. The lowest BCUT2D eigenvalue weighted by atomic mass is 10.2. The number of ether oxygens (including phenoxy) is 1. The molecule has 0 aliphatic carbocycles. The van der Waals surface area contributed by atoms with Crippen molar-refractivity contribution >= 4 is 33.6 Å². The van der Waals surface area contributed by atoms with Crippen LogP contribution in [0.25, 0.3) is 6.08 Å². The van der Waals surface area contributed by atoms with Crippen molar-refractivity contribution in [2.45, 2.75) is 11.8 Å². The molecule has 0 saturated carbocycles. The van der Waals surface area contributed by atoms with Gasteiger partial charge in [-0.3, -0.25) is 14.6 Å². The Bertz CT molecular complexity index is 1080. The summed E-state index contributed by atoms with van der Waals surface area (Å²) in [6.45, 7) is 3.43. The number of morpholine rings is 1. The largest absolute Gasteiger partial charge is 0.378 e. The Hall–Kier alpha value is -3.37. The van der Waals surface area contributed by atoms with Gasteiger partial charge in [0.2, 0.25) is 5.91 Å². The molecule has 2 aromatic rings. The van der Waals surface area contributed by atoms with Crippen LogP contribution in [0.1, 0.15) is 12.5 Å². The molecule has 2 amide bonds. The second kappa shape index (κ2) is 10.1. The van der Waals surface area contributed by atoms with E-state index in [9.17, 15) is 18.0 Å². The SMILES string of the molecule is CC(=O)N(C(=O)/C=C\c1ccccc1)S(=O)(=O)c1ccc(N=NN2CCOCC2)cc1. The molecule has 1 heterocycles. The third kappa shape index (κ3) is 5.83. The highest BCUT2D eigenvalue weighted by molar-refractivity contribution is 7.90. The summed E-state index contributed by atoms with van der Waals surface area (Å²) in [5, 5.41) is 9.92. The van der Waals surface area contributed by atoms with Gasteiger partial charge in [0.15, 0.2) is 0 Å². The monoisotopic (exact) mass is 442 g/mol. The molecule has 2 aromatic carbocycles.